The molecule has 1 heterocycles. The van der Waals surface area contributed by atoms with Gasteiger partial charge in [-0.05, 0) is 35.9 Å². The Morgan fingerprint density at radius 2 is 1.78 bits per heavy atom. The summed E-state index contributed by atoms with van der Waals surface area (Å²) < 4.78 is 5.66. The van der Waals surface area contributed by atoms with E-state index in [0.29, 0.717) is 11.3 Å². The van der Waals surface area contributed by atoms with E-state index >= 15 is 0 Å². The van der Waals surface area contributed by atoms with Gasteiger partial charge in [-0.2, -0.15) is 0 Å². The van der Waals surface area contributed by atoms with Crippen molar-refractivity contribution in [3.8, 4) is 11.3 Å². The van der Waals surface area contributed by atoms with Gasteiger partial charge in [-0.15, -0.1) is 0 Å². The van der Waals surface area contributed by atoms with Crippen LogP contribution >= 0.6 is 0 Å². The van der Waals surface area contributed by atoms with Gasteiger partial charge in [-0.1, -0.05) is 36.4 Å². The number of rotatable bonds is 6. The van der Waals surface area contributed by atoms with Crippen LogP contribution in [0.4, 0.5) is 0 Å². The minimum absolute atomic E-state index is 0.0873. The number of hydrogen-bond donors (Lipinski definition) is 3. The number of amides is 1. The lowest BCUT2D eigenvalue weighted by Crippen LogP contribution is -2.27. The van der Waals surface area contributed by atoms with Gasteiger partial charge in [0.1, 0.15) is 17.2 Å². The fraction of sp³-hybridized carbons (Fsp3) is 0.0476. The highest BCUT2D eigenvalue weighted by Crippen LogP contribution is 2.24. The van der Waals surface area contributed by atoms with Crippen LogP contribution in [0.25, 0.3) is 17.4 Å². The summed E-state index contributed by atoms with van der Waals surface area (Å²) in [4.78, 5) is 23.7. The number of aliphatic hydroxyl groups excluding tert-OH is 1. The fourth-order valence-corrected chi connectivity index (χ4v) is 2.49. The van der Waals surface area contributed by atoms with Gasteiger partial charge in [0.15, 0.2) is 0 Å². The first-order valence-corrected chi connectivity index (χ1v) is 8.18. The number of furan rings is 1. The van der Waals surface area contributed by atoms with Crippen molar-refractivity contribution in [1.82, 2.24) is 5.32 Å². The maximum atomic E-state index is 12.2. The van der Waals surface area contributed by atoms with E-state index in [0.717, 1.165) is 11.1 Å². The van der Waals surface area contributed by atoms with Gasteiger partial charge in [0.05, 0.1) is 6.61 Å². The standard InChI is InChI=1S/C21H17NO5/c23-13-14-5-4-8-16(11-14)19-10-9-17(27-19)12-18(21(25)26)22-20(24)15-6-2-1-3-7-15/h1-12,23H,13H2,(H,22,24)(H,25,26)/b18-12-. The highest BCUT2D eigenvalue weighted by atomic mass is 16.4. The Labute approximate surface area is 155 Å². The van der Waals surface area contributed by atoms with Crippen LogP contribution < -0.4 is 5.32 Å². The first kappa shape index (κ1) is 18.2. The smallest absolute Gasteiger partial charge is 0.352 e. The number of benzene rings is 2. The number of aliphatic hydroxyl groups is 1. The third-order valence-corrected chi connectivity index (χ3v) is 3.82. The minimum atomic E-state index is -1.28. The lowest BCUT2D eigenvalue weighted by Gasteiger charge is -2.05. The zero-order valence-corrected chi connectivity index (χ0v) is 14.3. The molecule has 0 aliphatic heterocycles. The van der Waals surface area contributed by atoms with Crippen molar-refractivity contribution in [2.24, 2.45) is 0 Å². The Kier molecular flexibility index (Phi) is 5.49. The molecule has 3 rings (SSSR count). The number of carboxylic acids is 1. The summed E-state index contributed by atoms with van der Waals surface area (Å²) in [6, 6.07) is 18.8. The third-order valence-electron chi connectivity index (χ3n) is 3.82. The number of aliphatic carboxylic acids is 1. The van der Waals surface area contributed by atoms with E-state index in [4.69, 9.17) is 4.42 Å². The average molecular weight is 363 g/mol. The molecule has 0 aliphatic rings. The Bertz CT molecular complexity index is 989. The van der Waals surface area contributed by atoms with Crippen molar-refractivity contribution in [1.29, 1.82) is 0 Å². The van der Waals surface area contributed by atoms with Gasteiger partial charge in [0.25, 0.3) is 5.91 Å². The molecule has 6 nitrogen and oxygen atoms in total. The maximum Gasteiger partial charge on any atom is 0.352 e. The van der Waals surface area contributed by atoms with Crippen LogP contribution in [-0.2, 0) is 11.4 Å². The zero-order chi connectivity index (χ0) is 19.2. The van der Waals surface area contributed by atoms with Crippen LogP contribution in [0, 0.1) is 0 Å². The lowest BCUT2D eigenvalue weighted by atomic mass is 10.1. The number of carbonyl (C=O) groups is 2. The lowest BCUT2D eigenvalue weighted by molar-refractivity contribution is -0.132. The molecule has 0 fully saturated rings. The van der Waals surface area contributed by atoms with Crippen molar-refractivity contribution in [3.63, 3.8) is 0 Å². The van der Waals surface area contributed by atoms with Crippen molar-refractivity contribution < 1.29 is 24.2 Å². The number of nitrogens with one attached hydrogen (secondary N) is 1. The van der Waals surface area contributed by atoms with Crippen molar-refractivity contribution in [2.75, 3.05) is 0 Å². The minimum Gasteiger partial charge on any atom is -0.477 e. The van der Waals surface area contributed by atoms with E-state index < -0.39 is 11.9 Å². The van der Waals surface area contributed by atoms with E-state index in [1.54, 1.807) is 60.7 Å². The van der Waals surface area contributed by atoms with Crippen molar-refractivity contribution >= 4 is 18.0 Å². The predicted molar refractivity (Wildman–Crippen MR) is 99.6 cm³/mol. The number of carbonyl (C=O) groups excluding carboxylic acids is 1. The Morgan fingerprint density at radius 3 is 2.48 bits per heavy atom. The molecule has 0 aliphatic carbocycles. The van der Waals surface area contributed by atoms with E-state index in [1.807, 2.05) is 6.07 Å². The molecule has 27 heavy (non-hydrogen) atoms. The Morgan fingerprint density at radius 1 is 1.00 bits per heavy atom. The molecule has 3 N–H and O–H groups in total. The molecule has 2 aromatic carbocycles. The second kappa shape index (κ2) is 8.16. The van der Waals surface area contributed by atoms with E-state index in [1.165, 1.54) is 6.08 Å². The summed E-state index contributed by atoms with van der Waals surface area (Å²) in [6.07, 6.45) is 1.25. The van der Waals surface area contributed by atoms with Crippen LogP contribution in [0.15, 0.2) is 76.8 Å². The van der Waals surface area contributed by atoms with Gasteiger partial charge in [-0.25, -0.2) is 4.79 Å². The van der Waals surface area contributed by atoms with Crippen LogP contribution in [0.1, 0.15) is 21.7 Å². The molecule has 0 radical (unpaired) electrons. The highest BCUT2D eigenvalue weighted by molar-refractivity contribution is 6.02. The molecule has 0 saturated carbocycles. The highest BCUT2D eigenvalue weighted by Gasteiger charge is 2.14. The van der Waals surface area contributed by atoms with Gasteiger partial charge in [-0.3, -0.25) is 4.79 Å². The molecular weight excluding hydrogens is 346 g/mol. The molecule has 0 spiro atoms. The van der Waals surface area contributed by atoms with Crippen LogP contribution in [-0.4, -0.2) is 22.1 Å². The summed E-state index contributed by atoms with van der Waals surface area (Å²) in [5, 5.41) is 21.0. The molecule has 0 atom stereocenters. The summed E-state index contributed by atoms with van der Waals surface area (Å²) in [5.41, 5.74) is 1.55. The normalized spacial score (nSPS) is 11.2. The van der Waals surface area contributed by atoms with Crippen molar-refractivity contribution in [2.45, 2.75) is 6.61 Å². The van der Waals surface area contributed by atoms with E-state index in [-0.39, 0.29) is 18.1 Å². The molecule has 0 unspecified atom stereocenters. The second-order valence-electron chi connectivity index (χ2n) is 5.74. The van der Waals surface area contributed by atoms with Crippen LogP contribution in [0.2, 0.25) is 0 Å². The molecule has 3 aromatic rings. The van der Waals surface area contributed by atoms with Crippen molar-refractivity contribution in [3.05, 3.63) is 89.3 Å². The SMILES string of the molecule is O=C(O)/C(=C/c1ccc(-c2cccc(CO)c2)o1)NC(=O)c1ccccc1. The molecule has 136 valence electrons. The summed E-state index contributed by atoms with van der Waals surface area (Å²) >= 11 is 0. The summed E-state index contributed by atoms with van der Waals surface area (Å²) in [6.45, 7) is -0.0873. The molecular formula is C21H17NO5. The topological polar surface area (TPSA) is 99.8 Å². The van der Waals surface area contributed by atoms with E-state index in [9.17, 15) is 19.8 Å². The first-order chi connectivity index (χ1) is 13.1. The maximum absolute atomic E-state index is 12.2. The number of carboxylic acid groups (broad SMARTS) is 1. The molecule has 1 amide bonds. The molecule has 1 aromatic heterocycles. The van der Waals surface area contributed by atoms with Gasteiger partial charge in [0, 0.05) is 17.2 Å². The molecule has 0 bridgehead atoms. The van der Waals surface area contributed by atoms with Gasteiger partial charge < -0.3 is 19.9 Å². The van der Waals surface area contributed by atoms with Crippen LogP contribution in [0.3, 0.4) is 0 Å². The van der Waals surface area contributed by atoms with E-state index in [2.05, 4.69) is 5.32 Å². The third kappa shape index (κ3) is 4.50. The van der Waals surface area contributed by atoms with Gasteiger partial charge in [0.2, 0.25) is 0 Å². The summed E-state index contributed by atoms with van der Waals surface area (Å²) in [5.74, 6) is -0.993. The molecule has 0 saturated heterocycles. The van der Waals surface area contributed by atoms with Crippen LogP contribution in [0.5, 0.6) is 0 Å². The average Bonchev–Trinajstić information content (AvgIpc) is 3.16. The number of hydrogen-bond acceptors (Lipinski definition) is 4. The zero-order valence-electron chi connectivity index (χ0n) is 14.3. The largest absolute Gasteiger partial charge is 0.477 e. The second-order valence-corrected chi connectivity index (χ2v) is 5.74. The fourth-order valence-electron chi connectivity index (χ4n) is 2.49. The quantitative estimate of drug-likeness (QED) is 0.584. The summed E-state index contributed by atoms with van der Waals surface area (Å²) in [7, 11) is 0. The first-order valence-electron chi connectivity index (χ1n) is 8.18. The monoisotopic (exact) mass is 363 g/mol. The Balaban J connectivity index is 1.83. The Hall–Kier alpha value is -3.64. The molecule has 6 heteroatoms. The van der Waals surface area contributed by atoms with Gasteiger partial charge >= 0.3 is 5.97 Å². The predicted octanol–water partition coefficient (Wildman–Crippen LogP) is 3.29.